The van der Waals surface area contributed by atoms with E-state index >= 15 is 0 Å². The van der Waals surface area contributed by atoms with Gasteiger partial charge in [-0.05, 0) is 19.9 Å². The molecule has 3 heteroatoms. The molecule has 18 heavy (non-hydrogen) atoms. The molecule has 0 fully saturated rings. The molecular formula is C15H17N3. The molecule has 0 saturated heterocycles. The monoisotopic (exact) mass is 239 g/mol. The van der Waals surface area contributed by atoms with Crippen molar-refractivity contribution >= 4 is 27.6 Å². The Kier molecular flexibility index (Phi) is 2.67. The van der Waals surface area contributed by atoms with Crippen LogP contribution < -0.4 is 4.90 Å². The van der Waals surface area contributed by atoms with Crippen LogP contribution in [0.2, 0.25) is 0 Å². The van der Waals surface area contributed by atoms with Crippen LogP contribution in [0.25, 0.3) is 21.8 Å². The SMILES string of the molecule is CCN(CC)c1cc2[nH]c3ccccc3c2cn1. The van der Waals surface area contributed by atoms with E-state index in [0.717, 1.165) is 24.4 Å². The number of aromatic amines is 1. The minimum Gasteiger partial charge on any atom is -0.357 e. The van der Waals surface area contributed by atoms with Crippen molar-refractivity contribution in [3.8, 4) is 0 Å². The van der Waals surface area contributed by atoms with E-state index in [-0.39, 0.29) is 0 Å². The standard InChI is InChI=1S/C15H17N3/c1-3-18(4-2)15-9-14-12(10-16-15)11-7-5-6-8-13(11)17-14/h5-10,17H,3-4H2,1-2H3. The topological polar surface area (TPSA) is 31.9 Å². The number of anilines is 1. The van der Waals surface area contributed by atoms with E-state index in [1.807, 2.05) is 6.20 Å². The second kappa shape index (κ2) is 4.33. The molecule has 3 rings (SSSR count). The molecule has 0 spiro atoms. The number of para-hydroxylation sites is 1. The fourth-order valence-corrected chi connectivity index (χ4v) is 2.46. The summed E-state index contributed by atoms with van der Waals surface area (Å²) in [6.45, 7) is 6.27. The van der Waals surface area contributed by atoms with E-state index in [2.05, 4.69) is 59.0 Å². The number of rotatable bonds is 3. The summed E-state index contributed by atoms with van der Waals surface area (Å²) >= 11 is 0. The maximum atomic E-state index is 4.58. The second-order valence-corrected chi connectivity index (χ2v) is 4.43. The molecule has 1 N–H and O–H groups in total. The highest BCUT2D eigenvalue weighted by molar-refractivity contribution is 6.07. The summed E-state index contributed by atoms with van der Waals surface area (Å²) in [6.07, 6.45) is 1.97. The van der Waals surface area contributed by atoms with Gasteiger partial charge in [0, 0.05) is 41.6 Å². The first kappa shape index (κ1) is 11.1. The quantitative estimate of drug-likeness (QED) is 0.757. The summed E-state index contributed by atoms with van der Waals surface area (Å²) in [4.78, 5) is 10.3. The van der Waals surface area contributed by atoms with Gasteiger partial charge in [-0.2, -0.15) is 0 Å². The largest absolute Gasteiger partial charge is 0.357 e. The van der Waals surface area contributed by atoms with Crippen LogP contribution in [0.15, 0.2) is 36.5 Å². The lowest BCUT2D eigenvalue weighted by atomic mass is 10.2. The van der Waals surface area contributed by atoms with Crippen LogP contribution in [0.5, 0.6) is 0 Å². The number of fused-ring (bicyclic) bond motifs is 3. The van der Waals surface area contributed by atoms with Crippen LogP contribution in [0.4, 0.5) is 5.82 Å². The zero-order chi connectivity index (χ0) is 12.5. The minimum absolute atomic E-state index is 0.981. The molecule has 92 valence electrons. The Bertz CT molecular complexity index is 680. The van der Waals surface area contributed by atoms with Crippen LogP contribution in [0.3, 0.4) is 0 Å². The number of nitrogens with zero attached hydrogens (tertiary/aromatic N) is 2. The molecule has 3 aromatic rings. The Labute approximate surface area is 106 Å². The van der Waals surface area contributed by atoms with Crippen LogP contribution >= 0.6 is 0 Å². The van der Waals surface area contributed by atoms with Gasteiger partial charge in [0.25, 0.3) is 0 Å². The van der Waals surface area contributed by atoms with Gasteiger partial charge in [-0.15, -0.1) is 0 Å². The Morgan fingerprint density at radius 2 is 1.83 bits per heavy atom. The Morgan fingerprint density at radius 3 is 2.61 bits per heavy atom. The normalized spacial score (nSPS) is 11.2. The fourth-order valence-electron chi connectivity index (χ4n) is 2.46. The fraction of sp³-hybridized carbons (Fsp3) is 0.267. The van der Waals surface area contributed by atoms with Crippen molar-refractivity contribution in [2.75, 3.05) is 18.0 Å². The molecule has 0 aliphatic carbocycles. The van der Waals surface area contributed by atoms with Crippen molar-refractivity contribution in [3.63, 3.8) is 0 Å². The first-order valence-corrected chi connectivity index (χ1v) is 6.45. The summed E-state index contributed by atoms with van der Waals surface area (Å²) in [5.41, 5.74) is 2.33. The van der Waals surface area contributed by atoms with E-state index in [1.54, 1.807) is 0 Å². The molecule has 0 unspecified atom stereocenters. The summed E-state index contributed by atoms with van der Waals surface area (Å²) in [5.74, 6) is 1.04. The maximum Gasteiger partial charge on any atom is 0.130 e. The third kappa shape index (κ3) is 1.63. The van der Waals surface area contributed by atoms with Crippen molar-refractivity contribution in [2.45, 2.75) is 13.8 Å². The summed E-state index contributed by atoms with van der Waals surface area (Å²) in [7, 11) is 0. The van der Waals surface area contributed by atoms with Gasteiger partial charge in [0.15, 0.2) is 0 Å². The number of aromatic nitrogens is 2. The molecule has 3 nitrogen and oxygen atoms in total. The number of pyridine rings is 1. The van der Waals surface area contributed by atoms with Crippen LogP contribution in [-0.4, -0.2) is 23.1 Å². The van der Waals surface area contributed by atoms with Crippen LogP contribution in [0, 0.1) is 0 Å². The number of hydrogen-bond acceptors (Lipinski definition) is 2. The molecule has 0 saturated carbocycles. The van der Waals surface area contributed by atoms with Crippen molar-refractivity contribution in [2.24, 2.45) is 0 Å². The molecule has 0 radical (unpaired) electrons. The lowest BCUT2D eigenvalue weighted by Crippen LogP contribution is -2.22. The van der Waals surface area contributed by atoms with Crippen LogP contribution in [-0.2, 0) is 0 Å². The zero-order valence-electron chi connectivity index (χ0n) is 10.8. The molecule has 0 bridgehead atoms. The number of hydrogen-bond donors (Lipinski definition) is 1. The van der Waals surface area contributed by atoms with Crippen LogP contribution in [0.1, 0.15) is 13.8 Å². The summed E-state index contributed by atoms with van der Waals surface area (Å²) < 4.78 is 0. The highest BCUT2D eigenvalue weighted by Gasteiger charge is 2.08. The molecule has 0 atom stereocenters. The van der Waals surface area contributed by atoms with Gasteiger partial charge in [-0.1, -0.05) is 18.2 Å². The summed E-state index contributed by atoms with van der Waals surface area (Å²) in [6, 6.07) is 10.5. The average Bonchev–Trinajstić information content (AvgIpc) is 2.78. The molecule has 0 amide bonds. The minimum atomic E-state index is 0.981. The molecular weight excluding hydrogens is 222 g/mol. The van der Waals surface area contributed by atoms with E-state index in [9.17, 15) is 0 Å². The smallest absolute Gasteiger partial charge is 0.130 e. The number of benzene rings is 1. The predicted molar refractivity (Wildman–Crippen MR) is 77.2 cm³/mol. The van der Waals surface area contributed by atoms with E-state index < -0.39 is 0 Å². The molecule has 0 aliphatic heterocycles. The third-order valence-corrected chi connectivity index (χ3v) is 3.46. The molecule has 2 aromatic heterocycles. The van der Waals surface area contributed by atoms with E-state index in [0.29, 0.717) is 0 Å². The average molecular weight is 239 g/mol. The summed E-state index contributed by atoms with van der Waals surface area (Å²) in [5, 5.41) is 2.44. The van der Waals surface area contributed by atoms with Gasteiger partial charge < -0.3 is 9.88 Å². The molecule has 2 heterocycles. The van der Waals surface area contributed by atoms with Crippen molar-refractivity contribution < 1.29 is 0 Å². The van der Waals surface area contributed by atoms with Gasteiger partial charge in [0.05, 0.1) is 5.52 Å². The van der Waals surface area contributed by atoms with E-state index in [4.69, 9.17) is 0 Å². The van der Waals surface area contributed by atoms with Crippen molar-refractivity contribution in [1.82, 2.24) is 9.97 Å². The third-order valence-electron chi connectivity index (χ3n) is 3.46. The number of nitrogens with one attached hydrogen (secondary N) is 1. The lowest BCUT2D eigenvalue weighted by molar-refractivity contribution is 0.848. The first-order valence-electron chi connectivity index (χ1n) is 6.45. The Morgan fingerprint density at radius 1 is 1.06 bits per heavy atom. The van der Waals surface area contributed by atoms with Gasteiger partial charge in [0.2, 0.25) is 0 Å². The lowest BCUT2D eigenvalue weighted by Gasteiger charge is -2.19. The molecule has 1 aromatic carbocycles. The van der Waals surface area contributed by atoms with Gasteiger partial charge in [-0.25, -0.2) is 4.98 Å². The van der Waals surface area contributed by atoms with Gasteiger partial charge >= 0.3 is 0 Å². The van der Waals surface area contributed by atoms with Gasteiger partial charge in [0.1, 0.15) is 5.82 Å². The van der Waals surface area contributed by atoms with Crippen molar-refractivity contribution in [3.05, 3.63) is 36.5 Å². The zero-order valence-corrected chi connectivity index (χ0v) is 10.8. The second-order valence-electron chi connectivity index (χ2n) is 4.43. The predicted octanol–water partition coefficient (Wildman–Crippen LogP) is 3.56. The highest BCUT2D eigenvalue weighted by atomic mass is 15.2. The van der Waals surface area contributed by atoms with Gasteiger partial charge in [-0.3, -0.25) is 0 Å². The first-order chi connectivity index (χ1) is 8.83. The van der Waals surface area contributed by atoms with Crippen molar-refractivity contribution in [1.29, 1.82) is 0 Å². The Hall–Kier alpha value is -2.03. The maximum absolute atomic E-state index is 4.58. The van der Waals surface area contributed by atoms with E-state index in [1.165, 1.54) is 16.3 Å². The molecule has 0 aliphatic rings. The number of H-pyrrole nitrogens is 1. The Balaban J connectivity index is 2.21. The highest BCUT2D eigenvalue weighted by Crippen LogP contribution is 2.26.